The summed E-state index contributed by atoms with van der Waals surface area (Å²) in [5.41, 5.74) is 1.03. The second-order valence-electron chi connectivity index (χ2n) is 5.52. The molecule has 18 heavy (non-hydrogen) atoms. The normalized spacial score (nSPS) is 26.6. The number of nitrogens with one attached hydrogen (secondary N) is 1. The lowest BCUT2D eigenvalue weighted by Crippen LogP contribution is -2.22. The van der Waals surface area contributed by atoms with Crippen molar-refractivity contribution in [2.24, 2.45) is 11.8 Å². The Bertz CT molecular complexity index is 377. The molecule has 4 nitrogen and oxygen atoms in total. The maximum Gasteiger partial charge on any atom is 0.151 e. The molecule has 2 atom stereocenters. The van der Waals surface area contributed by atoms with Gasteiger partial charge in [-0.2, -0.15) is 5.10 Å². The summed E-state index contributed by atoms with van der Waals surface area (Å²) in [5.74, 6) is 2.88. The molecule has 1 N–H and O–H groups in total. The zero-order chi connectivity index (χ0) is 12.4. The van der Waals surface area contributed by atoms with Crippen molar-refractivity contribution in [3.63, 3.8) is 0 Å². The molecule has 98 valence electrons. The lowest BCUT2D eigenvalue weighted by Gasteiger charge is -2.17. The Morgan fingerprint density at radius 2 is 2.00 bits per heavy atom. The molecule has 0 radical (unpaired) electrons. The van der Waals surface area contributed by atoms with Crippen LogP contribution in [0.5, 0.6) is 0 Å². The Morgan fingerprint density at radius 3 is 2.61 bits per heavy atom. The summed E-state index contributed by atoms with van der Waals surface area (Å²) in [4.78, 5) is 2.42. The Morgan fingerprint density at radius 1 is 1.22 bits per heavy atom. The summed E-state index contributed by atoms with van der Waals surface area (Å²) in [6.07, 6.45) is 4.25. The molecule has 4 heteroatoms. The molecule has 2 unspecified atom stereocenters. The van der Waals surface area contributed by atoms with E-state index in [1.807, 2.05) is 0 Å². The second-order valence-corrected chi connectivity index (χ2v) is 5.52. The van der Waals surface area contributed by atoms with Crippen molar-refractivity contribution >= 4 is 5.82 Å². The number of nitrogens with zero attached hydrogens (tertiary/aromatic N) is 3. The van der Waals surface area contributed by atoms with E-state index in [1.165, 1.54) is 32.4 Å². The molecule has 2 aliphatic rings. The minimum Gasteiger partial charge on any atom is -0.355 e. The van der Waals surface area contributed by atoms with Crippen LogP contribution in [0.1, 0.15) is 31.9 Å². The van der Waals surface area contributed by atoms with Gasteiger partial charge in [0.05, 0.1) is 5.69 Å². The smallest absolute Gasteiger partial charge is 0.151 e. The van der Waals surface area contributed by atoms with Crippen LogP contribution in [0.3, 0.4) is 0 Å². The predicted octanol–water partition coefficient (Wildman–Crippen LogP) is 1.82. The molecule has 1 saturated carbocycles. The van der Waals surface area contributed by atoms with Crippen molar-refractivity contribution in [2.75, 3.05) is 24.5 Å². The van der Waals surface area contributed by atoms with E-state index in [1.54, 1.807) is 0 Å². The lowest BCUT2D eigenvalue weighted by molar-refractivity contribution is 0.494. The first-order valence-electron chi connectivity index (χ1n) is 7.15. The Hall–Kier alpha value is -1.16. The molecule has 3 rings (SSSR count). The zero-order valence-electron chi connectivity index (χ0n) is 11.1. The highest BCUT2D eigenvalue weighted by molar-refractivity contribution is 5.39. The first-order valence-corrected chi connectivity index (χ1v) is 7.15. The van der Waals surface area contributed by atoms with E-state index in [2.05, 4.69) is 39.5 Å². The van der Waals surface area contributed by atoms with Crippen molar-refractivity contribution in [1.29, 1.82) is 0 Å². The molecule has 1 aromatic rings. The molecule has 1 aromatic heterocycles. The van der Waals surface area contributed by atoms with Crippen LogP contribution in [-0.2, 0) is 6.54 Å². The summed E-state index contributed by atoms with van der Waals surface area (Å²) in [6.45, 7) is 6.26. The summed E-state index contributed by atoms with van der Waals surface area (Å²) < 4.78 is 0. The Balaban J connectivity index is 1.63. The summed E-state index contributed by atoms with van der Waals surface area (Å²) >= 11 is 0. The predicted molar refractivity (Wildman–Crippen MR) is 72.5 cm³/mol. The fourth-order valence-electron chi connectivity index (χ4n) is 3.29. The first-order chi connectivity index (χ1) is 8.86. The molecule has 2 heterocycles. The highest BCUT2D eigenvalue weighted by Gasteiger charge is 2.36. The van der Waals surface area contributed by atoms with Crippen molar-refractivity contribution in [2.45, 2.75) is 32.7 Å². The van der Waals surface area contributed by atoms with Crippen LogP contribution in [0.25, 0.3) is 0 Å². The van der Waals surface area contributed by atoms with Gasteiger partial charge in [0.1, 0.15) is 0 Å². The molecule has 0 bridgehead atoms. The summed E-state index contributed by atoms with van der Waals surface area (Å²) in [6, 6.07) is 4.22. The summed E-state index contributed by atoms with van der Waals surface area (Å²) in [7, 11) is 0. The average molecular weight is 246 g/mol. The molecule has 0 spiro atoms. The highest BCUT2D eigenvalue weighted by Crippen LogP contribution is 2.38. The van der Waals surface area contributed by atoms with Crippen molar-refractivity contribution in [1.82, 2.24) is 15.5 Å². The van der Waals surface area contributed by atoms with E-state index in [9.17, 15) is 0 Å². The number of anilines is 1. The van der Waals surface area contributed by atoms with Crippen LogP contribution in [-0.4, -0.2) is 29.8 Å². The minimum absolute atomic E-state index is 0.815. The van der Waals surface area contributed by atoms with Gasteiger partial charge < -0.3 is 10.2 Å². The Labute approximate surface area is 109 Å². The number of aromatic nitrogens is 2. The van der Waals surface area contributed by atoms with E-state index in [0.29, 0.717) is 0 Å². The van der Waals surface area contributed by atoms with Crippen LogP contribution in [0.4, 0.5) is 5.82 Å². The number of fused-ring (bicyclic) bond motifs is 1. The van der Waals surface area contributed by atoms with Gasteiger partial charge in [-0.3, -0.25) is 0 Å². The highest BCUT2D eigenvalue weighted by atomic mass is 15.3. The molecule has 2 fully saturated rings. The van der Waals surface area contributed by atoms with Crippen LogP contribution < -0.4 is 10.2 Å². The van der Waals surface area contributed by atoms with Gasteiger partial charge in [0.15, 0.2) is 5.82 Å². The third-order valence-electron chi connectivity index (χ3n) is 4.31. The summed E-state index contributed by atoms with van der Waals surface area (Å²) in [5, 5.41) is 11.9. The lowest BCUT2D eigenvalue weighted by atomic mass is 10.0. The third kappa shape index (κ3) is 2.34. The van der Waals surface area contributed by atoms with E-state index in [0.717, 1.165) is 36.4 Å². The average Bonchev–Trinajstić information content (AvgIpc) is 2.97. The number of hydrogen-bond donors (Lipinski definition) is 1. The van der Waals surface area contributed by atoms with E-state index < -0.39 is 0 Å². The largest absolute Gasteiger partial charge is 0.355 e. The Kier molecular flexibility index (Phi) is 3.46. The first kappa shape index (κ1) is 11.9. The number of hydrogen-bond acceptors (Lipinski definition) is 4. The van der Waals surface area contributed by atoms with Gasteiger partial charge in [-0.1, -0.05) is 13.3 Å². The molecule has 1 saturated heterocycles. The van der Waals surface area contributed by atoms with Crippen molar-refractivity contribution < 1.29 is 0 Å². The van der Waals surface area contributed by atoms with Gasteiger partial charge in [-0.15, -0.1) is 5.10 Å². The van der Waals surface area contributed by atoms with E-state index in [-0.39, 0.29) is 0 Å². The SMILES string of the molecule is CCNCc1ccc(N2CC3CCCC3C2)nn1. The zero-order valence-corrected chi connectivity index (χ0v) is 11.1. The van der Waals surface area contributed by atoms with Gasteiger partial charge in [-0.05, 0) is 43.4 Å². The molecule has 1 aliphatic carbocycles. The maximum absolute atomic E-state index is 4.38. The minimum atomic E-state index is 0.815. The van der Waals surface area contributed by atoms with Gasteiger partial charge in [-0.25, -0.2) is 0 Å². The van der Waals surface area contributed by atoms with Gasteiger partial charge in [0.25, 0.3) is 0 Å². The fraction of sp³-hybridized carbons (Fsp3) is 0.714. The van der Waals surface area contributed by atoms with Crippen LogP contribution >= 0.6 is 0 Å². The molecule has 0 amide bonds. The fourth-order valence-corrected chi connectivity index (χ4v) is 3.29. The van der Waals surface area contributed by atoms with Crippen molar-refractivity contribution in [3.8, 4) is 0 Å². The van der Waals surface area contributed by atoms with Gasteiger partial charge in [0.2, 0.25) is 0 Å². The molecular weight excluding hydrogens is 224 g/mol. The monoisotopic (exact) mass is 246 g/mol. The molecule has 0 aromatic carbocycles. The topological polar surface area (TPSA) is 41.0 Å². The van der Waals surface area contributed by atoms with Crippen molar-refractivity contribution in [3.05, 3.63) is 17.8 Å². The molecular formula is C14H22N4. The van der Waals surface area contributed by atoms with Crippen LogP contribution in [0, 0.1) is 11.8 Å². The standard InChI is InChI=1S/C14H22N4/c1-2-15-8-13-6-7-14(17-16-13)18-9-11-4-3-5-12(11)10-18/h6-7,11-12,15H,2-5,8-10H2,1H3. The second kappa shape index (κ2) is 5.22. The quantitative estimate of drug-likeness (QED) is 0.880. The van der Waals surface area contributed by atoms with Gasteiger partial charge in [0, 0.05) is 19.6 Å². The third-order valence-corrected chi connectivity index (χ3v) is 4.31. The van der Waals surface area contributed by atoms with Crippen LogP contribution in [0.15, 0.2) is 12.1 Å². The molecule has 1 aliphatic heterocycles. The maximum atomic E-state index is 4.38. The van der Waals surface area contributed by atoms with Crippen LogP contribution in [0.2, 0.25) is 0 Å². The number of rotatable bonds is 4. The van der Waals surface area contributed by atoms with Gasteiger partial charge >= 0.3 is 0 Å². The van der Waals surface area contributed by atoms with E-state index >= 15 is 0 Å². The van der Waals surface area contributed by atoms with E-state index in [4.69, 9.17) is 0 Å².